The van der Waals surface area contributed by atoms with Crippen LogP contribution in [0.25, 0.3) is 0 Å². The van der Waals surface area contributed by atoms with Crippen LogP contribution in [0.4, 0.5) is 26.7 Å². The number of alkyl carbamates (subject to hydrolysis) is 1. The van der Waals surface area contributed by atoms with E-state index in [1.165, 1.54) is 27.7 Å². The monoisotopic (exact) mass is 536 g/mol. The lowest BCUT2D eigenvalue weighted by Gasteiger charge is -2.30. The van der Waals surface area contributed by atoms with Gasteiger partial charge in [0.05, 0.1) is 6.54 Å². The van der Waals surface area contributed by atoms with E-state index in [0.717, 1.165) is 0 Å². The Morgan fingerprint density at radius 1 is 1.16 bits per heavy atom. The van der Waals surface area contributed by atoms with Gasteiger partial charge < -0.3 is 25.2 Å². The third kappa shape index (κ3) is 11.3. The number of aliphatic carboxylic acids is 1. The number of hydrogen-bond donors (Lipinski definition) is 3. The molecule has 0 aliphatic carbocycles. The highest BCUT2D eigenvalue weighted by Crippen LogP contribution is 2.32. The van der Waals surface area contributed by atoms with Crippen LogP contribution in [0, 0.1) is 29.8 Å². The van der Waals surface area contributed by atoms with Crippen molar-refractivity contribution < 1.29 is 46.1 Å². The number of carbonyl (C=O) groups excluding carboxylic acids is 1. The first-order valence-electron chi connectivity index (χ1n) is 11.6. The number of carboxylic acid groups (broad SMARTS) is 1. The van der Waals surface area contributed by atoms with E-state index in [1.807, 2.05) is 0 Å². The molecule has 3 unspecified atom stereocenters. The van der Waals surface area contributed by atoms with Crippen LogP contribution < -0.4 is 10.6 Å². The average molecular weight is 537 g/mol. The van der Waals surface area contributed by atoms with Crippen molar-refractivity contribution in [3.8, 4) is 12.3 Å². The van der Waals surface area contributed by atoms with Gasteiger partial charge >= 0.3 is 12.1 Å². The van der Waals surface area contributed by atoms with Gasteiger partial charge in [-0.3, -0.25) is 0 Å². The summed E-state index contributed by atoms with van der Waals surface area (Å²) in [5.41, 5.74) is -1.80. The molecule has 1 aromatic rings. The first-order valence-corrected chi connectivity index (χ1v) is 11.6. The Morgan fingerprint density at radius 3 is 2.35 bits per heavy atom. The van der Waals surface area contributed by atoms with Gasteiger partial charge in [0.1, 0.15) is 24.1 Å². The number of halogens is 5. The molecule has 0 fully saturated rings. The van der Waals surface area contributed by atoms with E-state index in [-0.39, 0.29) is 19.6 Å². The van der Waals surface area contributed by atoms with Gasteiger partial charge in [-0.15, -0.1) is 6.42 Å². The fraction of sp³-hybridized carbons (Fsp3) is 0.600. The van der Waals surface area contributed by atoms with E-state index in [4.69, 9.17) is 15.9 Å². The second-order valence-electron chi connectivity index (χ2n) is 9.52. The predicted molar refractivity (Wildman–Crippen MR) is 126 cm³/mol. The number of terminal acetylenes is 1. The van der Waals surface area contributed by atoms with Crippen LogP contribution in [0.3, 0.4) is 0 Å². The van der Waals surface area contributed by atoms with Crippen LogP contribution in [0.1, 0.15) is 58.4 Å². The normalized spacial score (nSPS) is 14.4. The molecule has 0 aromatic heterocycles. The number of nitrogens with one attached hydrogen (secondary N) is 2. The number of carbonyl (C=O) groups is 2. The van der Waals surface area contributed by atoms with Gasteiger partial charge in [0.15, 0.2) is 11.6 Å². The smallest absolute Gasteiger partial charge is 0.408 e. The number of ether oxygens (including phenoxy) is 2. The van der Waals surface area contributed by atoms with Gasteiger partial charge in [-0.25, -0.2) is 31.5 Å². The molecule has 12 heteroatoms. The molecule has 3 N–H and O–H groups in total. The zero-order valence-electron chi connectivity index (χ0n) is 21.2. The molecule has 0 saturated heterocycles. The maximum atomic E-state index is 14.7. The third-order valence-electron chi connectivity index (χ3n) is 5.23. The lowest BCUT2D eigenvalue weighted by molar-refractivity contribution is -0.139. The van der Waals surface area contributed by atoms with E-state index >= 15 is 0 Å². The highest BCUT2D eigenvalue weighted by molar-refractivity contribution is 5.80. The number of hydrogen-bond acceptors (Lipinski definition) is 5. The highest BCUT2D eigenvalue weighted by atomic mass is 19.3. The highest BCUT2D eigenvalue weighted by Gasteiger charge is 2.36. The van der Waals surface area contributed by atoms with Crippen LogP contribution in [0.5, 0.6) is 0 Å². The van der Waals surface area contributed by atoms with Gasteiger partial charge in [-0.05, 0) is 52.7 Å². The molecule has 0 saturated carbocycles. The average Bonchev–Trinajstić information content (AvgIpc) is 2.77. The minimum atomic E-state index is -3.25. The van der Waals surface area contributed by atoms with E-state index in [2.05, 4.69) is 16.6 Å². The van der Waals surface area contributed by atoms with Crippen molar-refractivity contribution in [3.05, 3.63) is 35.1 Å². The van der Waals surface area contributed by atoms with Crippen LogP contribution in [-0.2, 0) is 14.3 Å². The fourth-order valence-electron chi connectivity index (χ4n) is 3.48. The maximum Gasteiger partial charge on any atom is 0.408 e. The van der Waals surface area contributed by atoms with Crippen molar-refractivity contribution in [3.63, 3.8) is 0 Å². The number of amides is 1. The summed E-state index contributed by atoms with van der Waals surface area (Å²) in [6.07, 6.45) is 2.65. The van der Waals surface area contributed by atoms with Gasteiger partial charge in [-0.1, -0.05) is 5.92 Å². The molecule has 0 radical (unpaired) electrons. The largest absolute Gasteiger partial charge is 0.480 e. The molecule has 0 heterocycles. The van der Waals surface area contributed by atoms with Gasteiger partial charge in [0.2, 0.25) is 0 Å². The summed E-state index contributed by atoms with van der Waals surface area (Å²) in [5, 5.41) is 14.2. The molecule has 1 aromatic carbocycles. The van der Waals surface area contributed by atoms with Crippen molar-refractivity contribution in [2.24, 2.45) is 0 Å². The first-order chi connectivity index (χ1) is 17.1. The molecular formula is C25H33F5N2O5. The predicted octanol–water partition coefficient (Wildman–Crippen LogP) is 4.60. The van der Waals surface area contributed by atoms with Gasteiger partial charge in [-0.2, -0.15) is 0 Å². The number of benzene rings is 1. The van der Waals surface area contributed by atoms with E-state index in [1.54, 1.807) is 0 Å². The Balaban J connectivity index is 3.14. The van der Waals surface area contributed by atoms with Crippen molar-refractivity contribution in [1.82, 2.24) is 10.6 Å². The molecule has 1 amide bonds. The Kier molecular flexibility index (Phi) is 12.3. The molecule has 0 spiro atoms. The first kappa shape index (κ1) is 32.1. The molecular weight excluding hydrogens is 503 g/mol. The lowest BCUT2D eigenvalue weighted by Crippen LogP contribution is -2.47. The van der Waals surface area contributed by atoms with Crippen molar-refractivity contribution in [1.29, 1.82) is 0 Å². The second kappa shape index (κ2) is 14.1. The SMILES string of the molecule is C#CCOCCCC(F)(F)CNC(C)C(CC(NC(=O)OC(C)(C)C)C(=O)O)c1c(F)ccc(F)c1F. The Morgan fingerprint density at radius 2 is 1.78 bits per heavy atom. The summed E-state index contributed by atoms with van der Waals surface area (Å²) in [6, 6.07) is -1.71. The second-order valence-corrected chi connectivity index (χ2v) is 9.52. The minimum Gasteiger partial charge on any atom is -0.480 e. The topological polar surface area (TPSA) is 96.9 Å². The van der Waals surface area contributed by atoms with Crippen LogP contribution in [0.2, 0.25) is 0 Å². The number of rotatable bonds is 14. The Hall–Kier alpha value is -2.91. The summed E-state index contributed by atoms with van der Waals surface area (Å²) < 4.78 is 82.0. The number of carboxylic acids is 1. The van der Waals surface area contributed by atoms with Crippen molar-refractivity contribution in [2.75, 3.05) is 19.8 Å². The quantitative estimate of drug-likeness (QED) is 0.139. The summed E-state index contributed by atoms with van der Waals surface area (Å²) in [5.74, 6) is -8.28. The summed E-state index contributed by atoms with van der Waals surface area (Å²) in [6.45, 7) is 4.98. The Bertz CT molecular complexity index is 962. The molecule has 0 aliphatic heterocycles. The van der Waals surface area contributed by atoms with Crippen LogP contribution in [0.15, 0.2) is 12.1 Å². The fourth-order valence-corrected chi connectivity index (χ4v) is 3.48. The van der Waals surface area contributed by atoms with E-state index in [9.17, 15) is 36.6 Å². The minimum absolute atomic E-state index is 0.00824. The molecule has 208 valence electrons. The molecule has 7 nitrogen and oxygen atoms in total. The lowest BCUT2D eigenvalue weighted by atomic mass is 9.85. The zero-order chi connectivity index (χ0) is 28.4. The van der Waals surface area contributed by atoms with Crippen LogP contribution >= 0.6 is 0 Å². The standard InChI is InChI=1S/C25H33F5N2O5/c1-6-11-36-12-7-10-25(29,30)14-31-15(2)16(20-17(26)8-9-18(27)21(20)28)13-19(22(33)34)32-23(35)37-24(3,4)5/h1,8-9,15-16,19,31H,7,10-14H2,2-5H3,(H,32,35)(H,33,34). The molecule has 3 atom stereocenters. The summed E-state index contributed by atoms with van der Waals surface area (Å²) in [7, 11) is 0. The maximum absolute atomic E-state index is 14.7. The number of alkyl halides is 2. The summed E-state index contributed by atoms with van der Waals surface area (Å²) >= 11 is 0. The van der Waals surface area contributed by atoms with Crippen LogP contribution in [-0.4, -0.2) is 60.5 Å². The van der Waals surface area contributed by atoms with Crippen molar-refractivity contribution in [2.45, 2.75) is 76.5 Å². The summed E-state index contributed by atoms with van der Waals surface area (Å²) in [4.78, 5) is 24.0. The molecule has 37 heavy (non-hydrogen) atoms. The molecule has 0 aliphatic rings. The zero-order valence-corrected chi connectivity index (χ0v) is 21.2. The van der Waals surface area contributed by atoms with E-state index < -0.39 is 84.0 Å². The van der Waals surface area contributed by atoms with E-state index in [0.29, 0.717) is 12.1 Å². The Labute approximate surface area is 213 Å². The van der Waals surface area contributed by atoms with Gasteiger partial charge in [0, 0.05) is 30.6 Å². The molecule has 0 bridgehead atoms. The van der Waals surface area contributed by atoms with Crippen molar-refractivity contribution >= 4 is 12.1 Å². The van der Waals surface area contributed by atoms with Gasteiger partial charge in [0.25, 0.3) is 5.92 Å². The molecule has 1 rings (SSSR count). The third-order valence-corrected chi connectivity index (χ3v) is 5.23.